The molecule has 0 saturated carbocycles. The van der Waals surface area contributed by atoms with Crippen LogP contribution in [0.25, 0.3) is 22.3 Å². The zero-order valence-corrected chi connectivity index (χ0v) is 32.5. The van der Waals surface area contributed by atoms with Crippen molar-refractivity contribution in [2.75, 3.05) is 20.1 Å². The number of hydrogen-bond acceptors (Lipinski definition) is 11. The van der Waals surface area contributed by atoms with Gasteiger partial charge in [0.25, 0.3) is 23.4 Å². The van der Waals surface area contributed by atoms with Crippen molar-refractivity contribution in [1.82, 2.24) is 14.5 Å². The van der Waals surface area contributed by atoms with Crippen LogP contribution in [0.1, 0.15) is 43.9 Å². The Morgan fingerprint density at radius 1 is 0.857 bits per heavy atom. The second kappa shape index (κ2) is 16.1. The molecule has 290 valence electrons. The molecule has 2 aliphatic heterocycles. The SMILES string of the molecule is C[Si](C)(C)CCOCN1C(=O)CCC(N2C(=O)c3ccc(-c4cccc(S(=O)(=O)NCOC(=O)c5ccc(-c6ccccc6)cc5)c4[N+](=O)[O-])cc3C2=O)C1=O. The maximum atomic E-state index is 13.7. The van der Waals surface area contributed by atoms with Crippen molar-refractivity contribution in [3.05, 3.63) is 118 Å². The predicted octanol–water partition coefficient (Wildman–Crippen LogP) is 5.45. The van der Waals surface area contributed by atoms with E-state index >= 15 is 0 Å². The van der Waals surface area contributed by atoms with Crippen molar-refractivity contribution in [2.45, 2.75) is 49.5 Å². The first-order valence-corrected chi connectivity index (χ1v) is 22.8. The fraction of sp³-hybridized carbons (Fsp3) is 0.256. The summed E-state index contributed by atoms with van der Waals surface area (Å²) in [6.07, 6.45) is -0.190. The molecule has 1 N–H and O–H groups in total. The van der Waals surface area contributed by atoms with Gasteiger partial charge in [-0.2, -0.15) is 4.72 Å². The summed E-state index contributed by atoms with van der Waals surface area (Å²) < 4.78 is 39.6. The largest absolute Gasteiger partial charge is 0.445 e. The molecule has 17 heteroatoms. The molecule has 4 aromatic rings. The van der Waals surface area contributed by atoms with Crippen LogP contribution in [0.5, 0.6) is 0 Å². The van der Waals surface area contributed by atoms with Crippen LogP contribution in [-0.2, 0) is 29.1 Å². The van der Waals surface area contributed by atoms with Crippen molar-refractivity contribution in [3.63, 3.8) is 0 Å². The minimum Gasteiger partial charge on any atom is -0.445 e. The van der Waals surface area contributed by atoms with Crippen LogP contribution in [0.4, 0.5) is 5.69 Å². The van der Waals surface area contributed by atoms with Crippen molar-refractivity contribution in [1.29, 1.82) is 0 Å². The van der Waals surface area contributed by atoms with E-state index in [1.54, 1.807) is 12.1 Å². The topological polar surface area (TPSA) is 200 Å². The Bertz CT molecular complexity index is 2350. The zero-order valence-electron chi connectivity index (χ0n) is 30.7. The Morgan fingerprint density at radius 3 is 2.20 bits per heavy atom. The quantitative estimate of drug-likeness (QED) is 0.0324. The van der Waals surface area contributed by atoms with Crippen molar-refractivity contribution >= 4 is 53.4 Å². The molecule has 4 aromatic carbocycles. The summed E-state index contributed by atoms with van der Waals surface area (Å²) >= 11 is 0. The monoisotopic (exact) mass is 798 g/mol. The van der Waals surface area contributed by atoms with Crippen LogP contribution in [0.15, 0.2) is 95.9 Å². The number of nitrogens with one attached hydrogen (secondary N) is 1. The number of piperidine rings is 1. The van der Waals surface area contributed by atoms with E-state index in [2.05, 4.69) is 24.4 Å². The number of nitro groups is 1. The minimum atomic E-state index is -4.65. The van der Waals surface area contributed by atoms with Crippen molar-refractivity contribution < 1.29 is 46.8 Å². The number of esters is 1. The van der Waals surface area contributed by atoms with Crippen molar-refractivity contribution in [3.8, 4) is 22.3 Å². The molecule has 15 nitrogen and oxygen atoms in total. The second-order valence-corrected chi connectivity index (χ2v) is 21.7. The van der Waals surface area contributed by atoms with Gasteiger partial charge in [0.1, 0.15) is 12.8 Å². The Hall–Kier alpha value is -5.88. The van der Waals surface area contributed by atoms with Gasteiger partial charge in [-0.25, -0.2) is 13.2 Å². The van der Waals surface area contributed by atoms with Gasteiger partial charge in [0.2, 0.25) is 15.9 Å². The van der Waals surface area contributed by atoms with Gasteiger partial charge >= 0.3 is 5.97 Å². The Labute approximate surface area is 323 Å². The third kappa shape index (κ3) is 8.35. The number of nitrogens with zero attached hydrogens (tertiary/aromatic N) is 3. The number of para-hydroxylation sites is 1. The van der Waals surface area contributed by atoms with Gasteiger partial charge in [0, 0.05) is 21.1 Å². The summed E-state index contributed by atoms with van der Waals surface area (Å²) in [6.45, 7) is 5.66. The summed E-state index contributed by atoms with van der Waals surface area (Å²) in [6, 6.07) is 22.8. The van der Waals surface area contributed by atoms with Crippen LogP contribution in [0, 0.1) is 10.1 Å². The highest BCUT2D eigenvalue weighted by Crippen LogP contribution is 2.38. The number of benzene rings is 4. The lowest BCUT2D eigenvalue weighted by Gasteiger charge is -2.34. The number of imide groups is 2. The Balaban J connectivity index is 1.17. The molecular formula is C39H38N4O11SSi. The molecule has 2 heterocycles. The van der Waals surface area contributed by atoms with Gasteiger partial charge in [-0.15, -0.1) is 0 Å². The molecule has 0 aromatic heterocycles. The molecule has 4 amide bonds. The molecule has 1 unspecified atom stereocenters. The van der Waals surface area contributed by atoms with E-state index in [0.29, 0.717) is 6.61 Å². The molecule has 6 rings (SSSR count). The van der Waals surface area contributed by atoms with E-state index < -0.39 is 76.0 Å². The van der Waals surface area contributed by atoms with E-state index in [4.69, 9.17) is 9.47 Å². The molecule has 0 spiro atoms. The van der Waals surface area contributed by atoms with E-state index in [1.165, 1.54) is 42.5 Å². The lowest BCUT2D eigenvalue weighted by Crippen LogP contribution is -2.56. The van der Waals surface area contributed by atoms with Gasteiger partial charge in [-0.05, 0) is 65.6 Å². The second-order valence-electron chi connectivity index (χ2n) is 14.4. The first-order chi connectivity index (χ1) is 26.6. The third-order valence-corrected chi connectivity index (χ3v) is 12.5. The number of rotatable bonds is 14. The average molecular weight is 799 g/mol. The van der Waals surface area contributed by atoms with Crippen LogP contribution in [0.3, 0.4) is 0 Å². The molecule has 0 bridgehead atoms. The molecule has 56 heavy (non-hydrogen) atoms. The first-order valence-electron chi connectivity index (χ1n) is 17.6. The van der Waals surface area contributed by atoms with Crippen LogP contribution in [-0.4, -0.2) is 86.9 Å². The van der Waals surface area contributed by atoms with E-state index in [0.717, 1.165) is 33.0 Å². The zero-order chi connectivity index (χ0) is 40.4. The van der Waals surface area contributed by atoms with Gasteiger partial charge in [0.15, 0.2) is 11.6 Å². The van der Waals surface area contributed by atoms with Crippen molar-refractivity contribution in [2.24, 2.45) is 0 Å². The van der Waals surface area contributed by atoms with Gasteiger partial charge in [-0.3, -0.25) is 39.1 Å². The number of carbonyl (C=O) groups excluding carboxylic acids is 5. The van der Waals surface area contributed by atoms with Crippen LogP contribution >= 0.6 is 0 Å². The van der Waals surface area contributed by atoms with E-state index in [1.807, 2.05) is 30.3 Å². The number of sulfonamides is 1. The fourth-order valence-electron chi connectivity index (χ4n) is 6.36. The lowest BCUT2D eigenvalue weighted by atomic mass is 9.99. The summed E-state index contributed by atoms with van der Waals surface area (Å²) in [5.74, 6) is -3.69. The fourth-order valence-corrected chi connectivity index (χ4v) is 8.19. The summed E-state index contributed by atoms with van der Waals surface area (Å²) in [7, 11) is -6.10. The minimum absolute atomic E-state index is 0.0449. The Morgan fingerprint density at radius 2 is 1.52 bits per heavy atom. The Kier molecular flexibility index (Phi) is 11.4. The molecule has 1 fully saturated rings. The molecule has 2 aliphatic rings. The number of hydrogen-bond donors (Lipinski definition) is 1. The standard InChI is InChI=1S/C39H38N4O11SSi/c1-56(2,3)21-20-53-24-41-34(44)19-18-32(38(41)47)42-36(45)30-17-16-28(22-31(30)37(42)46)29-10-7-11-33(35(29)43(49)50)55(51,52)40-23-54-39(48)27-14-12-26(13-15-27)25-8-5-4-6-9-25/h4-17,22,32,40H,18-21,23-24H2,1-3H3. The maximum Gasteiger partial charge on any atom is 0.339 e. The van der Waals surface area contributed by atoms with Gasteiger partial charge < -0.3 is 9.47 Å². The van der Waals surface area contributed by atoms with E-state index in [-0.39, 0.29) is 47.4 Å². The summed E-state index contributed by atoms with van der Waals surface area (Å²) in [5, 5.41) is 12.4. The molecule has 1 atom stereocenters. The molecule has 0 radical (unpaired) electrons. The number of carbonyl (C=O) groups is 5. The number of ether oxygens (including phenoxy) is 2. The first kappa shape index (κ1) is 39.8. The number of amides is 4. The number of fused-ring (bicyclic) bond motifs is 1. The lowest BCUT2D eigenvalue weighted by molar-refractivity contribution is -0.387. The van der Waals surface area contributed by atoms with Gasteiger partial charge in [0.05, 0.1) is 27.2 Å². The highest BCUT2D eigenvalue weighted by molar-refractivity contribution is 7.89. The van der Waals surface area contributed by atoms with Gasteiger partial charge in [-0.1, -0.05) is 74.2 Å². The highest BCUT2D eigenvalue weighted by Gasteiger charge is 2.47. The average Bonchev–Trinajstić information content (AvgIpc) is 3.41. The molecule has 0 aliphatic carbocycles. The summed E-state index contributed by atoms with van der Waals surface area (Å²) in [4.78, 5) is 78.5. The normalized spacial score (nSPS) is 15.9. The molecular weight excluding hydrogens is 761 g/mol. The smallest absolute Gasteiger partial charge is 0.339 e. The predicted molar refractivity (Wildman–Crippen MR) is 205 cm³/mol. The number of nitro benzene ring substituents is 1. The van der Waals surface area contributed by atoms with Crippen LogP contribution < -0.4 is 4.72 Å². The van der Waals surface area contributed by atoms with Crippen LogP contribution in [0.2, 0.25) is 25.7 Å². The third-order valence-electron chi connectivity index (χ3n) is 9.39. The summed E-state index contributed by atoms with van der Waals surface area (Å²) in [5.41, 5.74) is 0.749. The molecule has 1 saturated heterocycles. The number of likely N-dealkylation sites (tertiary alicyclic amines) is 1. The highest BCUT2D eigenvalue weighted by atomic mass is 32.2. The maximum absolute atomic E-state index is 13.7. The van der Waals surface area contributed by atoms with E-state index in [9.17, 15) is 42.5 Å².